The number of hydrogen-bond acceptors (Lipinski definition) is 2. The van der Waals surface area contributed by atoms with Crippen LogP contribution in [-0.2, 0) is 4.79 Å². The van der Waals surface area contributed by atoms with Gasteiger partial charge in [0, 0.05) is 24.3 Å². The van der Waals surface area contributed by atoms with Crippen molar-refractivity contribution in [1.82, 2.24) is 0 Å². The lowest BCUT2D eigenvalue weighted by Gasteiger charge is -2.18. The summed E-state index contributed by atoms with van der Waals surface area (Å²) in [6.07, 6.45) is 0. The summed E-state index contributed by atoms with van der Waals surface area (Å²) in [6, 6.07) is 14.6. The van der Waals surface area contributed by atoms with Gasteiger partial charge in [-0.2, -0.15) is 0 Å². The molecule has 21 heavy (non-hydrogen) atoms. The Hall–Kier alpha value is -2.29. The topological polar surface area (TPSA) is 41.1 Å². The minimum atomic E-state index is -0.0589. The number of amides is 1. The number of aryl methyl sites for hydroxylation is 2. The normalized spacial score (nSPS) is 11.8. The second-order valence-electron chi connectivity index (χ2n) is 5.49. The molecule has 2 rings (SSSR count). The lowest BCUT2D eigenvalue weighted by atomic mass is 10.1. The summed E-state index contributed by atoms with van der Waals surface area (Å²) in [4.78, 5) is 11.2. The van der Waals surface area contributed by atoms with Crippen molar-refractivity contribution in [3.8, 4) is 0 Å². The number of carbonyl (C=O) groups is 1. The van der Waals surface area contributed by atoms with Gasteiger partial charge in [0.15, 0.2) is 0 Å². The molecule has 0 radical (unpaired) electrons. The summed E-state index contributed by atoms with van der Waals surface area (Å²) in [6.45, 7) is 7.79. The van der Waals surface area contributed by atoms with Gasteiger partial charge in [0.25, 0.3) is 0 Å². The molecule has 0 aromatic heterocycles. The van der Waals surface area contributed by atoms with Gasteiger partial charge in [0.2, 0.25) is 5.91 Å². The molecular weight excluding hydrogens is 260 g/mol. The highest BCUT2D eigenvalue weighted by Gasteiger charge is 2.08. The molecule has 1 unspecified atom stereocenters. The average Bonchev–Trinajstić information content (AvgIpc) is 2.42. The molecule has 1 atom stereocenters. The molecule has 2 aromatic rings. The van der Waals surface area contributed by atoms with E-state index in [1.807, 2.05) is 18.2 Å². The standard InChI is InChI=1S/C18H22N2O/c1-12-5-8-16(9-6-12)14(3)19-18-11-17(20-15(4)21)10-7-13(18)2/h5-11,14,19H,1-4H3,(H,20,21). The predicted molar refractivity (Wildman–Crippen MR) is 88.7 cm³/mol. The monoisotopic (exact) mass is 282 g/mol. The lowest BCUT2D eigenvalue weighted by Crippen LogP contribution is -2.10. The number of nitrogens with one attached hydrogen (secondary N) is 2. The summed E-state index contributed by atoms with van der Waals surface area (Å²) in [7, 11) is 0. The molecular formula is C18H22N2O. The van der Waals surface area contributed by atoms with Crippen molar-refractivity contribution < 1.29 is 4.79 Å². The number of hydrogen-bond donors (Lipinski definition) is 2. The first-order valence-electron chi connectivity index (χ1n) is 7.17. The van der Waals surface area contributed by atoms with E-state index in [9.17, 15) is 4.79 Å². The largest absolute Gasteiger partial charge is 0.378 e. The van der Waals surface area contributed by atoms with E-state index >= 15 is 0 Å². The van der Waals surface area contributed by atoms with E-state index in [1.54, 1.807) is 0 Å². The molecule has 0 aliphatic carbocycles. The minimum Gasteiger partial charge on any atom is -0.378 e. The quantitative estimate of drug-likeness (QED) is 0.870. The Morgan fingerprint density at radius 1 is 1.05 bits per heavy atom. The maximum absolute atomic E-state index is 11.2. The molecule has 2 aromatic carbocycles. The van der Waals surface area contributed by atoms with Crippen molar-refractivity contribution in [1.29, 1.82) is 0 Å². The third-order valence-electron chi connectivity index (χ3n) is 3.51. The zero-order chi connectivity index (χ0) is 15.4. The van der Waals surface area contributed by atoms with Crippen LogP contribution in [-0.4, -0.2) is 5.91 Å². The maximum atomic E-state index is 11.2. The molecule has 0 fully saturated rings. The Morgan fingerprint density at radius 3 is 2.33 bits per heavy atom. The summed E-state index contributed by atoms with van der Waals surface area (Å²) in [5, 5.41) is 6.32. The van der Waals surface area contributed by atoms with Crippen molar-refractivity contribution in [3.63, 3.8) is 0 Å². The van der Waals surface area contributed by atoms with Crippen molar-refractivity contribution >= 4 is 17.3 Å². The average molecular weight is 282 g/mol. The molecule has 3 nitrogen and oxygen atoms in total. The number of carbonyl (C=O) groups excluding carboxylic acids is 1. The lowest BCUT2D eigenvalue weighted by molar-refractivity contribution is -0.114. The molecule has 0 aliphatic rings. The van der Waals surface area contributed by atoms with Gasteiger partial charge in [-0.1, -0.05) is 35.9 Å². The van der Waals surface area contributed by atoms with Gasteiger partial charge in [-0.05, 0) is 44.0 Å². The van der Waals surface area contributed by atoms with E-state index in [0.29, 0.717) is 0 Å². The van der Waals surface area contributed by atoms with Gasteiger partial charge in [0.1, 0.15) is 0 Å². The molecule has 0 saturated carbocycles. The molecule has 3 heteroatoms. The van der Waals surface area contributed by atoms with Crippen LogP contribution in [0.3, 0.4) is 0 Å². The van der Waals surface area contributed by atoms with Crippen LogP contribution in [0.5, 0.6) is 0 Å². The molecule has 1 amide bonds. The van der Waals surface area contributed by atoms with Crippen molar-refractivity contribution in [3.05, 3.63) is 59.2 Å². The van der Waals surface area contributed by atoms with E-state index in [-0.39, 0.29) is 11.9 Å². The Balaban J connectivity index is 2.17. The third-order valence-corrected chi connectivity index (χ3v) is 3.51. The fraction of sp³-hybridized carbons (Fsp3) is 0.278. The third kappa shape index (κ3) is 4.09. The molecule has 0 bridgehead atoms. The molecule has 0 aliphatic heterocycles. The van der Waals surface area contributed by atoms with Crippen LogP contribution in [0.1, 0.15) is 36.6 Å². The van der Waals surface area contributed by atoms with Crippen molar-refractivity contribution in [2.24, 2.45) is 0 Å². The minimum absolute atomic E-state index is 0.0589. The van der Waals surface area contributed by atoms with Gasteiger partial charge in [-0.3, -0.25) is 4.79 Å². The van der Waals surface area contributed by atoms with Crippen LogP contribution in [0.25, 0.3) is 0 Å². The molecule has 0 saturated heterocycles. The SMILES string of the molecule is CC(=O)Nc1ccc(C)c(NC(C)c2ccc(C)cc2)c1. The van der Waals surface area contributed by atoms with Crippen molar-refractivity contribution in [2.45, 2.75) is 33.7 Å². The molecule has 2 N–H and O–H groups in total. The number of anilines is 2. The molecule has 0 spiro atoms. The number of benzene rings is 2. The van der Waals surface area contributed by atoms with Gasteiger partial charge in [-0.15, -0.1) is 0 Å². The van der Waals surface area contributed by atoms with Crippen LogP contribution in [0.4, 0.5) is 11.4 Å². The fourth-order valence-corrected chi connectivity index (χ4v) is 2.23. The Morgan fingerprint density at radius 2 is 1.71 bits per heavy atom. The van der Waals surface area contributed by atoms with E-state index < -0.39 is 0 Å². The van der Waals surface area contributed by atoms with Crippen LogP contribution in [0.15, 0.2) is 42.5 Å². The van der Waals surface area contributed by atoms with E-state index in [2.05, 4.69) is 55.7 Å². The zero-order valence-electron chi connectivity index (χ0n) is 13.0. The van der Waals surface area contributed by atoms with Crippen LogP contribution in [0.2, 0.25) is 0 Å². The predicted octanol–water partition coefficient (Wildman–Crippen LogP) is 4.43. The Labute approximate surface area is 126 Å². The van der Waals surface area contributed by atoms with Crippen LogP contribution >= 0.6 is 0 Å². The highest BCUT2D eigenvalue weighted by atomic mass is 16.1. The number of rotatable bonds is 4. The van der Waals surface area contributed by atoms with Gasteiger partial charge in [0.05, 0.1) is 0 Å². The van der Waals surface area contributed by atoms with Gasteiger partial charge >= 0.3 is 0 Å². The van der Waals surface area contributed by atoms with Gasteiger partial charge < -0.3 is 10.6 Å². The Kier molecular flexibility index (Phi) is 4.63. The fourth-order valence-electron chi connectivity index (χ4n) is 2.23. The van der Waals surface area contributed by atoms with Gasteiger partial charge in [-0.25, -0.2) is 0 Å². The second kappa shape index (κ2) is 6.44. The van der Waals surface area contributed by atoms with E-state index in [0.717, 1.165) is 16.9 Å². The Bertz CT molecular complexity index is 632. The van der Waals surface area contributed by atoms with E-state index in [4.69, 9.17) is 0 Å². The summed E-state index contributed by atoms with van der Waals surface area (Å²) in [5.41, 5.74) is 5.50. The van der Waals surface area contributed by atoms with E-state index in [1.165, 1.54) is 18.1 Å². The molecule has 110 valence electrons. The zero-order valence-corrected chi connectivity index (χ0v) is 13.0. The van der Waals surface area contributed by atoms with Crippen LogP contribution < -0.4 is 10.6 Å². The molecule has 0 heterocycles. The van der Waals surface area contributed by atoms with Crippen LogP contribution in [0, 0.1) is 13.8 Å². The maximum Gasteiger partial charge on any atom is 0.221 e. The highest BCUT2D eigenvalue weighted by molar-refractivity contribution is 5.89. The first-order valence-corrected chi connectivity index (χ1v) is 7.17. The first-order chi connectivity index (χ1) is 9.95. The first kappa shape index (κ1) is 15.1. The summed E-state index contributed by atoms with van der Waals surface area (Å²) >= 11 is 0. The van der Waals surface area contributed by atoms with Crippen molar-refractivity contribution in [2.75, 3.05) is 10.6 Å². The smallest absolute Gasteiger partial charge is 0.221 e. The second-order valence-corrected chi connectivity index (χ2v) is 5.49. The summed E-state index contributed by atoms with van der Waals surface area (Å²) in [5.74, 6) is -0.0589. The summed E-state index contributed by atoms with van der Waals surface area (Å²) < 4.78 is 0. The highest BCUT2D eigenvalue weighted by Crippen LogP contribution is 2.25.